The van der Waals surface area contributed by atoms with Crippen molar-refractivity contribution in [1.82, 2.24) is 10.2 Å². The Morgan fingerprint density at radius 3 is 2.84 bits per heavy atom. The fraction of sp³-hybridized carbons (Fsp3) is 1.00. The minimum absolute atomic E-state index is 0.499. The Labute approximate surface area is 119 Å². The summed E-state index contributed by atoms with van der Waals surface area (Å²) in [7, 11) is 1.87. The van der Waals surface area contributed by atoms with Crippen LogP contribution in [0.5, 0.6) is 0 Å². The highest BCUT2D eigenvalue weighted by molar-refractivity contribution is 4.86. The maximum absolute atomic E-state index is 5.59. The number of nitrogens with zero attached hydrogens (tertiary/aromatic N) is 1. The quantitative estimate of drug-likeness (QED) is 0.848. The zero-order valence-corrected chi connectivity index (χ0v) is 13.0. The lowest BCUT2D eigenvalue weighted by Crippen LogP contribution is -2.45. The van der Waals surface area contributed by atoms with E-state index >= 15 is 0 Å². The van der Waals surface area contributed by atoms with Gasteiger partial charge in [-0.3, -0.25) is 4.90 Å². The monoisotopic (exact) mass is 268 g/mol. The van der Waals surface area contributed by atoms with Gasteiger partial charge in [-0.2, -0.15) is 0 Å². The summed E-state index contributed by atoms with van der Waals surface area (Å²) >= 11 is 0. The molecule has 2 aliphatic rings. The molecule has 0 spiro atoms. The van der Waals surface area contributed by atoms with E-state index in [2.05, 4.69) is 24.1 Å². The molecule has 3 heteroatoms. The Hall–Kier alpha value is -0.120. The van der Waals surface area contributed by atoms with Crippen LogP contribution in [-0.4, -0.2) is 49.8 Å². The Morgan fingerprint density at radius 1 is 1.26 bits per heavy atom. The van der Waals surface area contributed by atoms with Gasteiger partial charge >= 0.3 is 0 Å². The van der Waals surface area contributed by atoms with Gasteiger partial charge in [0.2, 0.25) is 0 Å². The summed E-state index contributed by atoms with van der Waals surface area (Å²) in [5.74, 6) is 0.788. The summed E-state index contributed by atoms with van der Waals surface area (Å²) in [6, 6.07) is 1.44. The van der Waals surface area contributed by atoms with E-state index in [0.717, 1.165) is 12.0 Å². The molecule has 1 aliphatic heterocycles. The molecule has 0 aromatic heterocycles. The predicted octanol–water partition coefficient (Wildman–Crippen LogP) is 2.65. The van der Waals surface area contributed by atoms with Crippen molar-refractivity contribution in [2.24, 2.45) is 5.92 Å². The normalized spacial score (nSPS) is 34.4. The molecular formula is C16H32N2O. The van der Waals surface area contributed by atoms with Gasteiger partial charge in [0, 0.05) is 25.7 Å². The lowest BCUT2D eigenvalue weighted by atomic mass is 9.91. The summed E-state index contributed by atoms with van der Waals surface area (Å²) in [5, 5.41) is 3.73. The molecule has 1 aliphatic carbocycles. The summed E-state index contributed by atoms with van der Waals surface area (Å²) < 4.78 is 5.59. The average Bonchev–Trinajstić information content (AvgIpc) is 2.64. The van der Waals surface area contributed by atoms with Crippen molar-refractivity contribution >= 4 is 0 Å². The van der Waals surface area contributed by atoms with Crippen molar-refractivity contribution in [1.29, 1.82) is 0 Å². The van der Waals surface area contributed by atoms with Gasteiger partial charge in [0.15, 0.2) is 0 Å². The number of ether oxygens (including phenoxy) is 1. The Morgan fingerprint density at radius 2 is 2.11 bits per heavy atom. The predicted molar refractivity (Wildman–Crippen MR) is 80.5 cm³/mol. The first-order valence-electron chi connectivity index (χ1n) is 8.19. The molecule has 1 heterocycles. The minimum Gasteiger partial charge on any atom is -0.381 e. The van der Waals surface area contributed by atoms with E-state index in [9.17, 15) is 0 Å². The Kier molecular flexibility index (Phi) is 6.11. The van der Waals surface area contributed by atoms with Crippen LogP contribution in [0.1, 0.15) is 52.4 Å². The lowest BCUT2D eigenvalue weighted by Gasteiger charge is -2.37. The van der Waals surface area contributed by atoms with Gasteiger partial charge in [-0.15, -0.1) is 0 Å². The number of methoxy groups -OCH3 is 1. The second-order valence-corrected chi connectivity index (χ2v) is 6.81. The van der Waals surface area contributed by atoms with Crippen molar-refractivity contribution in [3.8, 4) is 0 Å². The van der Waals surface area contributed by atoms with Crippen molar-refractivity contribution in [2.75, 3.05) is 26.7 Å². The van der Waals surface area contributed by atoms with Crippen molar-refractivity contribution in [2.45, 2.75) is 70.6 Å². The summed E-state index contributed by atoms with van der Waals surface area (Å²) in [4.78, 5) is 2.75. The van der Waals surface area contributed by atoms with Gasteiger partial charge in [-0.25, -0.2) is 0 Å². The van der Waals surface area contributed by atoms with E-state index in [0.29, 0.717) is 12.1 Å². The molecule has 3 nitrogen and oxygen atoms in total. The third-order valence-electron chi connectivity index (χ3n) is 4.71. The van der Waals surface area contributed by atoms with Gasteiger partial charge in [-0.1, -0.05) is 13.8 Å². The molecule has 0 bridgehead atoms. The number of hydrogen-bond acceptors (Lipinski definition) is 3. The van der Waals surface area contributed by atoms with E-state index in [1.807, 2.05) is 7.11 Å². The highest BCUT2D eigenvalue weighted by Crippen LogP contribution is 2.26. The fourth-order valence-corrected chi connectivity index (χ4v) is 3.75. The molecule has 0 radical (unpaired) electrons. The van der Waals surface area contributed by atoms with Gasteiger partial charge < -0.3 is 10.1 Å². The molecule has 3 atom stereocenters. The molecule has 0 amide bonds. The molecular weight excluding hydrogens is 236 g/mol. The fourth-order valence-electron chi connectivity index (χ4n) is 3.75. The first-order valence-corrected chi connectivity index (χ1v) is 8.19. The van der Waals surface area contributed by atoms with Crippen LogP contribution in [0.25, 0.3) is 0 Å². The number of hydrogen-bond donors (Lipinski definition) is 1. The average molecular weight is 268 g/mol. The van der Waals surface area contributed by atoms with Crippen molar-refractivity contribution in [3.63, 3.8) is 0 Å². The van der Waals surface area contributed by atoms with E-state index in [4.69, 9.17) is 4.74 Å². The molecule has 112 valence electrons. The van der Waals surface area contributed by atoms with E-state index in [1.165, 1.54) is 58.2 Å². The van der Waals surface area contributed by atoms with Gasteiger partial charge in [0.25, 0.3) is 0 Å². The van der Waals surface area contributed by atoms with Crippen molar-refractivity contribution < 1.29 is 4.74 Å². The van der Waals surface area contributed by atoms with Crippen molar-refractivity contribution in [3.05, 3.63) is 0 Å². The van der Waals surface area contributed by atoms with Crippen LogP contribution in [0.15, 0.2) is 0 Å². The Bertz CT molecular complexity index is 257. The van der Waals surface area contributed by atoms with Crippen LogP contribution in [-0.2, 0) is 4.74 Å². The Balaban J connectivity index is 1.89. The van der Waals surface area contributed by atoms with Gasteiger partial charge in [0.1, 0.15) is 0 Å². The molecule has 3 unspecified atom stereocenters. The smallest absolute Gasteiger partial charge is 0.0586 e. The van der Waals surface area contributed by atoms with Crippen LogP contribution in [0, 0.1) is 5.92 Å². The SMILES string of the molecule is COC1CCCC(N2CCCNC(CC(C)C)C2)C1. The molecule has 1 saturated carbocycles. The van der Waals surface area contributed by atoms with Crippen LogP contribution in [0.3, 0.4) is 0 Å². The zero-order chi connectivity index (χ0) is 13.7. The second-order valence-electron chi connectivity index (χ2n) is 6.81. The summed E-state index contributed by atoms with van der Waals surface area (Å²) in [6.45, 7) is 8.35. The minimum atomic E-state index is 0.499. The molecule has 1 N–H and O–H groups in total. The largest absolute Gasteiger partial charge is 0.381 e. The van der Waals surface area contributed by atoms with Crippen LogP contribution in [0.2, 0.25) is 0 Å². The first kappa shape index (κ1) is 15.3. The number of nitrogens with one attached hydrogen (secondary N) is 1. The summed E-state index contributed by atoms with van der Waals surface area (Å²) in [6.07, 6.45) is 8.30. The third kappa shape index (κ3) is 4.73. The van der Waals surface area contributed by atoms with E-state index < -0.39 is 0 Å². The molecule has 1 saturated heterocycles. The van der Waals surface area contributed by atoms with Gasteiger partial charge in [-0.05, 0) is 57.5 Å². The van der Waals surface area contributed by atoms with Crippen LogP contribution >= 0.6 is 0 Å². The standard InChI is InChI=1S/C16H32N2O/c1-13(2)10-14-12-18(9-5-8-17-14)15-6-4-7-16(11-15)19-3/h13-17H,4-12H2,1-3H3. The topological polar surface area (TPSA) is 24.5 Å². The summed E-state index contributed by atoms with van der Waals surface area (Å²) in [5.41, 5.74) is 0. The van der Waals surface area contributed by atoms with Crippen LogP contribution in [0.4, 0.5) is 0 Å². The maximum atomic E-state index is 5.59. The highest BCUT2D eigenvalue weighted by Gasteiger charge is 2.29. The molecule has 0 aromatic rings. The second kappa shape index (κ2) is 7.61. The molecule has 0 aromatic carbocycles. The highest BCUT2D eigenvalue weighted by atomic mass is 16.5. The number of rotatable bonds is 4. The zero-order valence-electron chi connectivity index (χ0n) is 13.0. The molecule has 2 rings (SSSR count). The maximum Gasteiger partial charge on any atom is 0.0586 e. The first-order chi connectivity index (χ1) is 9.19. The van der Waals surface area contributed by atoms with E-state index in [-0.39, 0.29) is 0 Å². The molecule has 2 fully saturated rings. The third-order valence-corrected chi connectivity index (χ3v) is 4.71. The van der Waals surface area contributed by atoms with Crippen LogP contribution < -0.4 is 5.32 Å². The lowest BCUT2D eigenvalue weighted by molar-refractivity contribution is 0.0270. The van der Waals surface area contributed by atoms with E-state index in [1.54, 1.807) is 0 Å². The molecule has 19 heavy (non-hydrogen) atoms. The van der Waals surface area contributed by atoms with Gasteiger partial charge in [0.05, 0.1) is 6.10 Å².